The largest absolute Gasteiger partial charge is 0.403 e. The number of aromatic amines is 1. The summed E-state index contributed by atoms with van der Waals surface area (Å²) in [5, 5.41) is 27.5. The van der Waals surface area contributed by atoms with Gasteiger partial charge in [-0.05, 0) is 48.3 Å². The number of allylic oxidation sites excluding steroid dienone is 4. The van der Waals surface area contributed by atoms with Gasteiger partial charge in [-0.1, -0.05) is 13.0 Å². The number of H-pyrrole nitrogens is 1. The van der Waals surface area contributed by atoms with E-state index in [-0.39, 0.29) is 17.1 Å². The summed E-state index contributed by atoms with van der Waals surface area (Å²) in [6.07, 6.45) is 11.8. The molecule has 0 radical (unpaired) electrons. The van der Waals surface area contributed by atoms with Gasteiger partial charge in [-0.2, -0.15) is 10.3 Å². The first-order valence-electron chi connectivity index (χ1n) is 10.0. The molecule has 1 aliphatic rings. The molecular formula is C22H30N8S. The highest BCUT2D eigenvalue weighted by Crippen LogP contribution is 2.43. The molecule has 0 atom stereocenters. The van der Waals surface area contributed by atoms with Crippen LogP contribution in [0.2, 0.25) is 0 Å². The molecule has 9 heteroatoms. The zero-order chi connectivity index (χ0) is 22.9. The van der Waals surface area contributed by atoms with Gasteiger partial charge in [-0.15, -0.1) is 11.8 Å². The summed E-state index contributed by atoms with van der Waals surface area (Å²) in [5.41, 5.74) is 8.05. The molecule has 1 fully saturated rings. The predicted molar refractivity (Wildman–Crippen MR) is 129 cm³/mol. The van der Waals surface area contributed by atoms with Crippen LogP contribution in [-0.2, 0) is 0 Å². The van der Waals surface area contributed by atoms with Crippen molar-refractivity contribution in [2.75, 3.05) is 24.2 Å². The first-order chi connectivity index (χ1) is 15.0. The smallest absolute Gasteiger partial charge is 0.221 e. The summed E-state index contributed by atoms with van der Waals surface area (Å²) in [5.74, 6) is -0.127. The van der Waals surface area contributed by atoms with E-state index in [0.717, 1.165) is 18.3 Å². The molecule has 0 aromatic carbocycles. The van der Waals surface area contributed by atoms with Crippen LogP contribution in [0, 0.1) is 27.6 Å². The fraction of sp³-hybridized carbons (Fsp3) is 0.364. The molecule has 6 N–H and O–H groups in total. The molecule has 1 aromatic rings. The third kappa shape index (κ3) is 5.67. The van der Waals surface area contributed by atoms with Gasteiger partial charge < -0.3 is 26.3 Å². The Balaban J connectivity index is 2.32. The number of thioether (sulfide) groups is 1. The maximum absolute atomic E-state index is 9.50. The number of aromatic nitrogens is 1. The van der Waals surface area contributed by atoms with Crippen LogP contribution in [0.15, 0.2) is 57.8 Å². The fourth-order valence-corrected chi connectivity index (χ4v) is 4.12. The van der Waals surface area contributed by atoms with E-state index in [0.29, 0.717) is 25.0 Å². The SMILES string of the molecule is C/C=C(\C=C(/CC)SC)C1(CC#N)CN(c2ccc[nH]/c2=N\C(=N)N/C(C=N)=C/N)C1. The highest BCUT2D eigenvalue weighted by Gasteiger charge is 2.45. The number of nitrogens with two attached hydrogens (primary N) is 1. The van der Waals surface area contributed by atoms with Crippen molar-refractivity contribution in [3.05, 3.63) is 58.3 Å². The lowest BCUT2D eigenvalue weighted by Crippen LogP contribution is -2.58. The molecule has 0 aliphatic carbocycles. The van der Waals surface area contributed by atoms with Crippen LogP contribution in [-0.4, -0.2) is 36.5 Å². The molecule has 0 bridgehead atoms. The van der Waals surface area contributed by atoms with E-state index < -0.39 is 0 Å². The second kappa shape index (κ2) is 11.2. The summed E-state index contributed by atoms with van der Waals surface area (Å²) in [7, 11) is 0. The Labute approximate surface area is 187 Å². The topological polar surface area (TPSA) is 141 Å². The van der Waals surface area contributed by atoms with Crippen LogP contribution >= 0.6 is 11.8 Å². The second-order valence-corrected chi connectivity index (χ2v) is 8.07. The molecule has 2 heterocycles. The van der Waals surface area contributed by atoms with Crippen molar-refractivity contribution in [1.29, 1.82) is 16.1 Å². The summed E-state index contributed by atoms with van der Waals surface area (Å²) in [6, 6.07) is 6.20. The maximum atomic E-state index is 9.50. The number of pyridine rings is 1. The van der Waals surface area contributed by atoms with Crippen molar-refractivity contribution >= 4 is 29.6 Å². The maximum Gasteiger partial charge on any atom is 0.221 e. The Morgan fingerprint density at radius 3 is 2.81 bits per heavy atom. The molecule has 8 nitrogen and oxygen atoms in total. The fourth-order valence-electron chi connectivity index (χ4n) is 3.59. The van der Waals surface area contributed by atoms with Gasteiger partial charge in [-0.25, -0.2) is 0 Å². The van der Waals surface area contributed by atoms with Gasteiger partial charge in [0.05, 0.1) is 17.5 Å². The Bertz CT molecular complexity index is 997. The monoisotopic (exact) mass is 438 g/mol. The highest BCUT2D eigenvalue weighted by atomic mass is 32.2. The van der Waals surface area contributed by atoms with Crippen molar-refractivity contribution in [2.24, 2.45) is 16.1 Å². The van der Waals surface area contributed by atoms with Gasteiger partial charge in [0.15, 0.2) is 5.49 Å². The third-order valence-electron chi connectivity index (χ3n) is 5.23. The van der Waals surface area contributed by atoms with Crippen LogP contribution in [0.4, 0.5) is 5.69 Å². The van der Waals surface area contributed by atoms with E-state index in [9.17, 15) is 5.26 Å². The average molecular weight is 439 g/mol. The van der Waals surface area contributed by atoms with Gasteiger partial charge in [0.25, 0.3) is 0 Å². The number of hydrogen-bond acceptors (Lipinski definition) is 6. The molecule has 1 saturated heterocycles. The molecule has 0 saturated carbocycles. The third-order valence-corrected chi connectivity index (χ3v) is 6.16. The van der Waals surface area contributed by atoms with Crippen molar-refractivity contribution < 1.29 is 0 Å². The average Bonchev–Trinajstić information content (AvgIpc) is 2.76. The van der Waals surface area contributed by atoms with E-state index in [2.05, 4.69) is 51.6 Å². The molecule has 1 aromatic heterocycles. The minimum Gasteiger partial charge on any atom is -0.403 e. The molecule has 0 unspecified atom stereocenters. The van der Waals surface area contributed by atoms with Crippen molar-refractivity contribution in [1.82, 2.24) is 10.3 Å². The van der Waals surface area contributed by atoms with Crippen molar-refractivity contribution in [2.45, 2.75) is 26.7 Å². The van der Waals surface area contributed by atoms with Crippen molar-refractivity contribution in [3.63, 3.8) is 0 Å². The van der Waals surface area contributed by atoms with Gasteiger partial charge in [-0.3, -0.25) is 5.41 Å². The molecule has 0 spiro atoms. The summed E-state index contributed by atoms with van der Waals surface area (Å²) >= 11 is 1.74. The van der Waals surface area contributed by atoms with Crippen LogP contribution in [0.1, 0.15) is 26.7 Å². The van der Waals surface area contributed by atoms with Crippen LogP contribution in [0.25, 0.3) is 0 Å². The summed E-state index contributed by atoms with van der Waals surface area (Å²) in [6.45, 7) is 5.55. The molecule has 164 valence electrons. The van der Waals surface area contributed by atoms with Gasteiger partial charge >= 0.3 is 0 Å². The number of nitrogens with zero attached hydrogens (tertiary/aromatic N) is 3. The summed E-state index contributed by atoms with van der Waals surface area (Å²) in [4.78, 5) is 10.9. The number of rotatable bonds is 8. The predicted octanol–water partition coefficient (Wildman–Crippen LogP) is 3.21. The first-order valence-corrected chi connectivity index (χ1v) is 11.2. The number of guanidine groups is 1. The van der Waals surface area contributed by atoms with E-state index in [1.54, 1.807) is 18.0 Å². The number of nitrogens with one attached hydrogen (secondary N) is 4. The van der Waals surface area contributed by atoms with E-state index in [4.69, 9.17) is 16.6 Å². The van der Waals surface area contributed by atoms with E-state index in [1.807, 2.05) is 19.1 Å². The quantitative estimate of drug-likeness (QED) is 0.241. The molecule has 0 amide bonds. The lowest BCUT2D eigenvalue weighted by atomic mass is 9.70. The zero-order valence-electron chi connectivity index (χ0n) is 18.2. The van der Waals surface area contributed by atoms with Crippen LogP contribution in [0.3, 0.4) is 0 Å². The Hall–Kier alpha value is -3.25. The normalized spacial score (nSPS) is 17.0. The number of anilines is 1. The Morgan fingerprint density at radius 2 is 2.26 bits per heavy atom. The van der Waals surface area contributed by atoms with Crippen molar-refractivity contribution in [3.8, 4) is 6.07 Å². The zero-order valence-corrected chi connectivity index (χ0v) is 19.0. The minimum absolute atomic E-state index is 0.127. The van der Waals surface area contributed by atoms with E-state index in [1.165, 1.54) is 16.7 Å². The first kappa shape index (κ1) is 24.0. The standard InChI is InChI=1S/C22H30N8S/c1-4-16(11-18(5-2)31-3)22(8-9-23)14-30(15-22)19-7-6-10-27-20(19)29-21(26)28-17(12-24)13-25/h4,6-7,10-13,24H,5,8,14-15,25H2,1-3H3,(H3,26,27,28,29)/b16-4+,17-13+,18-11+,24-12?. The van der Waals surface area contributed by atoms with Gasteiger partial charge in [0.1, 0.15) is 0 Å². The molecular weight excluding hydrogens is 408 g/mol. The van der Waals surface area contributed by atoms with Gasteiger partial charge in [0, 0.05) is 43.5 Å². The molecule has 1 aliphatic heterocycles. The lowest BCUT2D eigenvalue weighted by molar-refractivity contribution is 0.281. The Kier molecular flexibility index (Phi) is 8.70. The van der Waals surface area contributed by atoms with Crippen LogP contribution < -0.4 is 21.4 Å². The highest BCUT2D eigenvalue weighted by molar-refractivity contribution is 8.02. The molecule has 31 heavy (non-hydrogen) atoms. The Morgan fingerprint density at radius 1 is 1.52 bits per heavy atom. The lowest BCUT2D eigenvalue weighted by Gasteiger charge is -2.51. The van der Waals surface area contributed by atoms with Gasteiger partial charge in [0.2, 0.25) is 5.96 Å². The second-order valence-electron chi connectivity index (χ2n) is 7.14. The number of nitriles is 1. The molecule has 2 rings (SSSR count). The summed E-state index contributed by atoms with van der Waals surface area (Å²) < 4.78 is 0. The van der Waals surface area contributed by atoms with Crippen LogP contribution in [0.5, 0.6) is 0 Å². The van der Waals surface area contributed by atoms with E-state index >= 15 is 0 Å². The minimum atomic E-state index is -0.228. The number of hydrogen-bond donors (Lipinski definition) is 5.